The maximum absolute atomic E-state index is 13.3. The standard InChI is InChI=1S/C24H21NO6/c1-3-30-18(26)13-14-9-11-15(12-10-14)25-23(28)19-20(24(25)29)22(31-4-2)17-8-6-5-7-16(17)21(19)27/h5-12,27H,3-4,13H2,1-2H3. The average Bonchev–Trinajstić information content (AvgIpc) is 3.02. The Hall–Kier alpha value is -3.87. The second-order valence-corrected chi connectivity index (χ2v) is 7.00. The third-order valence-corrected chi connectivity index (χ3v) is 5.11. The summed E-state index contributed by atoms with van der Waals surface area (Å²) in [5.74, 6) is -1.50. The molecule has 0 atom stereocenters. The minimum atomic E-state index is -0.623. The Morgan fingerprint density at radius 3 is 2.19 bits per heavy atom. The predicted octanol–water partition coefficient (Wildman–Crippen LogP) is 3.85. The first kappa shape index (κ1) is 20.4. The maximum Gasteiger partial charge on any atom is 0.310 e. The van der Waals surface area contributed by atoms with Crippen LogP contribution >= 0.6 is 0 Å². The number of phenols is 1. The lowest BCUT2D eigenvalue weighted by atomic mass is 9.99. The molecular weight excluding hydrogens is 398 g/mol. The van der Waals surface area contributed by atoms with Gasteiger partial charge < -0.3 is 14.6 Å². The van der Waals surface area contributed by atoms with Gasteiger partial charge in [0.25, 0.3) is 11.8 Å². The third kappa shape index (κ3) is 3.38. The molecular formula is C24H21NO6. The number of carbonyl (C=O) groups excluding carboxylic acids is 3. The molecule has 1 N–H and O–H groups in total. The molecule has 3 aromatic carbocycles. The number of ether oxygens (including phenoxy) is 2. The highest BCUT2D eigenvalue weighted by molar-refractivity contribution is 6.38. The van der Waals surface area contributed by atoms with Crippen LogP contribution in [0.15, 0.2) is 48.5 Å². The largest absolute Gasteiger partial charge is 0.506 e. The molecule has 0 bridgehead atoms. The van der Waals surface area contributed by atoms with Crippen LogP contribution in [0.2, 0.25) is 0 Å². The van der Waals surface area contributed by atoms with Crippen LogP contribution in [-0.2, 0) is 16.0 Å². The predicted molar refractivity (Wildman–Crippen MR) is 115 cm³/mol. The summed E-state index contributed by atoms with van der Waals surface area (Å²) in [6.45, 7) is 4.12. The number of aromatic hydroxyl groups is 1. The highest BCUT2D eigenvalue weighted by Crippen LogP contribution is 2.45. The fraction of sp³-hybridized carbons (Fsp3) is 0.208. The van der Waals surface area contributed by atoms with Crippen LogP contribution in [0.1, 0.15) is 40.1 Å². The molecule has 7 heteroatoms. The number of benzene rings is 3. The first-order valence-electron chi connectivity index (χ1n) is 10.0. The number of carbonyl (C=O) groups is 3. The molecule has 0 spiro atoms. The summed E-state index contributed by atoms with van der Waals surface area (Å²) < 4.78 is 10.7. The van der Waals surface area contributed by atoms with Crippen molar-refractivity contribution in [3.05, 3.63) is 65.2 Å². The number of nitrogens with zero attached hydrogens (tertiary/aromatic N) is 1. The van der Waals surface area contributed by atoms with Crippen LogP contribution in [-0.4, -0.2) is 36.1 Å². The number of hydrogen-bond acceptors (Lipinski definition) is 6. The average molecular weight is 419 g/mol. The van der Waals surface area contributed by atoms with Gasteiger partial charge in [0.1, 0.15) is 11.5 Å². The van der Waals surface area contributed by atoms with Crippen molar-refractivity contribution in [2.75, 3.05) is 18.1 Å². The van der Waals surface area contributed by atoms with Gasteiger partial charge >= 0.3 is 5.97 Å². The molecule has 0 saturated carbocycles. The zero-order chi connectivity index (χ0) is 22.1. The van der Waals surface area contributed by atoms with Crippen LogP contribution in [0.5, 0.6) is 11.5 Å². The Balaban J connectivity index is 1.77. The number of fused-ring (bicyclic) bond motifs is 2. The third-order valence-electron chi connectivity index (χ3n) is 5.11. The Morgan fingerprint density at radius 1 is 0.903 bits per heavy atom. The topological polar surface area (TPSA) is 93.1 Å². The summed E-state index contributed by atoms with van der Waals surface area (Å²) in [4.78, 5) is 39.2. The lowest BCUT2D eigenvalue weighted by Gasteiger charge is -2.14. The van der Waals surface area contributed by atoms with Crippen molar-refractivity contribution in [1.82, 2.24) is 0 Å². The summed E-state index contributed by atoms with van der Waals surface area (Å²) in [6, 6.07) is 13.4. The van der Waals surface area contributed by atoms with Crippen molar-refractivity contribution in [1.29, 1.82) is 0 Å². The smallest absolute Gasteiger partial charge is 0.310 e. The molecule has 158 valence electrons. The SMILES string of the molecule is CCOC(=O)Cc1ccc(N2C(=O)c3c(c(OCC)c4ccccc4c3O)C2=O)cc1. The molecule has 1 heterocycles. The van der Waals surface area contributed by atoms with Crippen molar-refractivity contribution in [3.8, 4) is 11.5 Å². The zero-order valence-electron chi connectivity index (χ0n) is 17.2. The Labute approximate surface area is 178 Å². The molecule has 3 aromatic rings. The number of hydrogen-bond donors (Lipinski definition) is 1. The van der Waals surface area contributed by atoms with E-state index in [1.54, 1.807) is 62.4 Å². The van der Waals surface area contributed by atoms with Gasteiger partial charge in [0.15, 0.2) is 0 Å². The molecule has 0 aliphatic carbocycles. The van der Waals surface area contributed by atoms with E-state index in [4.69, 9.17) is 9.47 Å². The second kappa shape index (κ2) is 8.10. The number of anilines is 1. The Morgan fingerprint density at radius 2 is 1.55 bits per heavy atom. The minimum Gasteiger partial charge on any atom is -0.506 e. The molecule has 0 unspecified atom stereocenters. The summed E-state index contributed by atoms with van der Waals surface area (Å²) in [5.41, 5.74) is 1.02. The fourth-order valence-electron chi connectivity index (χ4n) is 3.79. The van der Waals surface area contributed by atoms with Gasteiger partial charge in [-0.2, -0.15) is 0 Å². The molecule has 31 heavy (non-hydrogen) atoms. The lowest BCUT2D eigenvalue weighted by Crippen LogP contribution is -2.29. The quantitative estimate of drug-likeness (QED) is 0.482. The van der Waals surface area contributed by atoms with Crippen LogP contribution in [0.4, 0.5) is 5.69 Å². The highest BCUT2D eigenvalue weighted by atomic mass is 16.5. The van der Waals surface area contributed by atoms with E-state index < -0.39 is 11.8 Å². The maximum atomic E-state index is 13.3. The molecule has 2 amide bonds. The normalized spacial score (nSPS) is 12.9. The van der Waals surface area contributed by atoms with E-state index in [1.165, 1.54) is 0 Å². The van der Waals surface area contributed by atoms with E-state index in [1.807, 2.05) is 0 Å². The van der Waals surface area contributed by atoms with Gasteiger partial charge in [-0.25, -0.2) is 4.90 Å². The molecule has 0 fully saturated rings. The van der Waals surface area contributed by atoms with Crippen molar-refractivity contribution in [3.63, 3.8) is 0 Å². The summed E-state index contributed by atoms with van der Waals surface area (Å²) in [7, 11) is 0. The van der Waals surface area contributed by atoms with Crippen LogP contribution < -0.4 is 9.64 Å². The van der Waals surface area contributed by atoms with E-state index in [0.717, 1.165) is 4.90 Å². The number of amides is 2. The van der Waals surface area contributed by atoms with E-state index in [2.05, 4.69) is 0 Å². The minimum absolute atomic E-state index is 0.0543. The van der Waals surface area contributed by atoms with E-state index in [-0.39, 0.29) is 35.0 Å². The molecule has 0 aromatic heterocycles. The van der Waals surface area contributed by atoms with E-state index in [9.17, 15) is 19.5 Å². The van der Waals surface area contributed by atoms with Crippen LogP contribution in [0.25, 0.3) is 10.8 Å². The molecule has 4 rings (SSSR count). The number of imide groups is 1. The van der Waals surface area contributed by atoms with Gasteiger partial charge in [-0.1, -0.05) is 36.4 Å². The number of rotatable bonds is 6. The summed E-state index contributed by atoms with van der Waals surface area (Å²) >= 11 is 0. The van der Waals surface area contributed by atoms with Gasteiger partial charge in [0.05, 0.1) is 36.4 Å². The van der Waals surface area contributed by atoms with Gasteiger partial charge in [0, 0.05) is 10.8 Å². The lowest BCUT2D eigenvalue weighted by molar-refractivity contribution is -0.142. The van der Waals surface area contributed by atoms with Gasteiger partial charge in [-0.3, -0.25) is 14.4 Å². The molecule has 1 aliphatic heterocycles. The van der Waals surface area contributed by atoms with Crippen molar-refractivity contribution < 1.29 is 29.0 Å². The Kier molecular flexibility index (Phi) is 5.33. The highest BCUT2D eigenvalue weighted by Gasteiger charge is 2.43. The monoisotopic (exact) mass is 419 g/mol. The van der Waals surface area contributed by atoms with Gasteiger partial charge in [-0.15, -0.1) is 0 Å². The van der Waals surface area contributed by atoms with Gasteiger partial charge in [0.2, 0.25) is 0 Å². The van der Waals surface area contributed by atoms with Crippen molar-refractivity contribution >= 4 is 34.2 Å². The summed E-state index contributed by atoms with van der Waals surface area (Å²) in [6.07, 6.45) is 0.0942. The Bertz CT molecular complexity index is 1200. The molecule has 7 nitrogen and oxygen atoms in total. The number of phenolic OH excluding ortho intramolecular Hbond substituents is 1. The van der Waals surface area contributed by atoms with Crippen molar-refractivity contribution in [2.24, 2.45) is 0 Å². The van der Waals surface area contributed by atoms with Gasteiger partial charge in [-0.05, 0) is 31.5 Å². The van der Waals surface area contributed by atoms with Crippen LogP contribution in [0.3, 0.4) is 0 Å². The summed E-state index contributed by atoms with van der Waals surface area (Å²) in [5, 5.41) is 11.8. The van der Waals surface area contributed by atoms with Crippen molar-refractivity contribution in [2.45, 2.75) is 20.3 Å². The first-order valence-corrected chi connectivity index (χ1v) is 10.0. The second-order valence-electron chi connectivity index (χ2n) is 7.00. The fourth-order valence-corrected chi connectivity index (χ4v) is 3.79. The molecule has 1 aliphatic rings. The molecule has 0 saturated heterocycles. The number of esters is 1. The zero-order valence-corrected chi connectivity index (χ0v) is 17.2. The van der Waals surface area contributed by atoms with Crippen LogP contribution in [0, 0.1) is 0 Å². The first-order chi connectivity index (χ1) is 15.0. The molecule has 0 radical (unpaired) electrons. The van der Waals surface area contributed by atoms with E-state index >= 15 is 0 Å². The van der Waals surface area contributed by atoms with E-state index in [0.29, 0.717) is 35.2 Å².